The molecule has 0 heterocycles. The molecule has 0 radical (unpaired) electrons. The zero-order valence-corrected chi connectivity index (χ0v) is 16.9. The van der Waals surface area contributed by atoms with Crippen LogP contribution < -0.4 is 15.4 Å². The van der Waals surface area contributed by atoms with Crippen LogP contribution >= 0.6 is 11.6 Å². The maximum absolute atomic E-state index is 12.9. The molecule has 0 atom stereocenters. The summed E-state index contributed by atoms with van der Waals surface area (Å²) in [6.45, 7) is -0.492. The lowest BCUT2D eigenvalue weighted by Gasteiger charge is -2.12. The first-order chi connectivity index (χ1) is 15.1. The zero-order chi connectivity index (χ0) is 23.3. The molecule has 2 N–H and O–H groups in total. The predicted molar refractivity (Wildman–Crippen MR) is 111 cm³/mol. The number of hydrogen-bond acceptors (Lipinski definition) is 3. The Hall–Kier alpha value is -3.59. The van der Waals surface area contributed by atoms with Gasteiger partial charge >= 0.3 is 6.18 Å². The number of carbonyl (C=O) groups excluding carboxylic acids is 2. The number of hydrogen-bond donors (Lipinski definition) is 2. The van der Waals surface area contributed by atoms with Crippen LogP contribution in [0.2, 0.25) is 5.02 Å². The van der Waals surface area contributed by atoms with Gasteiger partial charge in [0, 0.05) is 11.3 Å². The molecule has 32 heavy (non-hydrogen) atoms. The van der Waals surface area contributed by atoms with E-state index in [-0.39, 0.29) is 16.5 Å². The first-order valence-electron chi connectivity index (χ1n) is 9.08. The van der Waals surface area contributed by atoms with Gasteiger partial charge < -0.3 is 15.4 Å². The maximum Gasteiger partial charge on any atom is 0.416 e. The highest BCUT2D eigenvalue weighted by atomic mass is 35.5. The van der Waals surface area contributed by atoms with Crippen molar-refractivity contribution >= 4 is 34.8 Å². The van der Waals surface area contributed by atoms with Gasteiger partial charge in [0.2, 0.25) is 0 Å². The molecule has 0 aromatic heterocycles. The summed E-state index contributed by atoms with van der Waals surface area (Å²) in [4.78, 5) is 24.2. The van der Waals surface area contributed by atoms with Crippen LogP contribution in [0.1, 0.15) is 15.9 Å². The third-order valence-electron chi connectivity index (χ3n) is 4.16. The van der Waals surface area contributed by atoms with Crippen molar-refractivity contribution in [3.05, 3.63) is 88.7 Å². The first kappa shape index (κ1) is 23.1. The van der Waals surface area contributed by atoms with E-state index in [1.165, 1.54) is 48.5 Å². The second kappa shape index (κ2) is 9.69. The Morgan fingerprint density at radius 3 is 2.19 bits per heavy atom. The number of ether oxygens (including phenoxy) is 1. The van der Waals surface area contributed by atoms with E-state index in [1.54, 1.807) is 0 Å². The Labute approximate surface area is 185 Å². The van der Waals surface area contributed by atoms with Crippen molar-refractivity contribution in [2.24, 2.45) is 0 Å². The van der Waals surface area contributed by atoms with Gasteiger partial charge in [0.15, 0.2) is 6.61 Å². The van der Waals surface area contributed by atoms with Crippen molar-refractivity contribution in [3.63, 3.8) is 0 Å². The molecule has 166 valence electrons. The van der Waals surface area contributed by atoms with E-state index in [0.29, 0.717) is 11.3 Å². The molecule has 0 aliphatic rings. The summed E-state index contributed by atoms with van der Waals surface area (Å²) >= 11 is 5.84. The molecule has 3 aromatic carbocycles. The average Bonchev–Trinajstić information content (AvgIpc) is 2.75. The van der Waals surface area contributed by atoms with Crippen LogP contribution in [0, 0.1) is 5.82 Å². The molecule has 0 fully saturated rings. The Balaban J connectivity index is 1.55. The number of nitrogens with one attached hydrogen (secondary N) is 2. The lowest BCUT2D eigenvalue weighted by molar-refractivity contribution is -0.137. The van der Waals surface area contributed by atoms with E-state index in [2.05, 4.69) is 10.6 Å². The summed E-state index contributed by atoms with van der Waals surface area (Å²) in [5, 5.41) is 4.81. The lowest BCUT2D eigenvalue weighted by Crippen LogP contribution is -2.21. The van der Waals surface area contributed by atoms with E-state index in [1.807, 2.05) is 0 Å². The van der Waals surface area contributed by atoms with Gasteiger partial charge in [-0.3, -0.25) is 9.59 Å². The fourth-order valence-electron chi connectivity index (χ4n) is 2.57. The van der Waals surface area contributed by atoms with E-state index in [9.17, 15) is 27.2 Å². The fourth-order valence-corrected chi connectivity index (χ4v) is 2.74. The van der Waals surface area contributed by atoms with Crippen molar-refractivity contribution in [2.45, 2.75) is 6.18 Å². The van der Waals surface area contributed by atoms with Gasteiger partial charge in [-0.2, -0.15) is 13.2 Å². The number of rotatable bonds is 6. The Morgan fingerprint density at radius 1 is 0.906 bits per heavy atom. The van der Waals surface area contributed by atoms with Gasteiger partial charge in [-0.25, -0.2) is 4.39 Å². The minimum Gasteiger partial charge on any atom is -0.484 e. The Kier molecular flexibility index (Phi) is 6.99. The van der Waals surface area contributed by atoms with Crippen molar-refractivity contribution in [3.8, 4) is 5.75 Å². The molecule has 0 bridgehead atoms. The highest BCUT2D eigenvalue weighted by molar-refractivity contribution is 6.33. The Morgan fingerprint density at radius 2 is 1.56 bits per heavy atom. The number of anilines is 2. The van der Waals surface area contributed by atoms with Crippen molar-refractivity contribution in [1.82, 2.24) is 0 Å². The van der Waals surface area contributed by atoms with Gasteiger partial charge in [-0.05, 0) is 66.7 Å². The molecule has 0 saturated carbocycles. The summed E-state index contributed by atoms with van der Waals surface area (Å²) in [5.41, 5.74) is -0.431. The average molecular weight is 467 g/mol. The van der Waals surface area contributed by atoms with E-state index in [4.69, 9.17) is 16.3 Å². The van der Waals surface area contributed by atoms with E-state index < -0.39 is 36.0 Å². The van der Waals surface area contributed by atoms with Crippen LogP contribution in [0.25, 0.3) is 0 Å². The topological polar surface area (TPSA) is 67.4 Å². The lowest BCUT2D eigenvalue weighted by atomic mass is 10.2. The monoisotopic (exact) mass is 466 g/mol. The summed E-state index contributed by atoms with van der Waals surface area (Å²) in [5.74, 6) is -1.32. The maximum atomic E-state index is 12.9. The van der Waals surface area contributed by atoms with Crippen LogP contribution in [-0.4, -0.2) is 18.4 Å². The van der Waals surface area contributed by atoms with Crippen molar-refractivity contribution in [1.29, 1.82) is 0 Å². The van der Waals surface area contributed by atoms with Crippen LogP contribution in [0.3, 0.4) is 0 Å². The minimum absolute atomic E-state index is 0.0529. The van der Waals surface area contributed by atoms with Gasteiger partial charge in [-0.15, -0.1) is 0 Å². The molecule has 0 saturated heterocycles. The standard InChI is InChI=1S/C22H15ClF4N2O3/c23-18-10-3-14(22(25,26)27)11-19(18)29-20(30)12-32-17-8-1-13(2-9-17)21(31)28-16-6-4-15(24)5-7-16/h1-11H,12H2,(H,28,31)(H,29,30). The van der Waals surface area contributed by atoms with Crippen molar-refractivity contribution in [2.75, 3.05) is 17.2 Å². The quantitative estimate of drug-likeness (QED) is 0.453. The second-order valence-electron chi connectivity index (χ2n) is 6.51. The van der Waals surface area contributed by atoms with Gasteiger partial charge in [0.1, 0.15) is 11.6 Å². The highest BCUT2D eigenvalue weighted by Crippen LogP contribution is 2.33. The summed E-state index contributed by atoms with van der Waals surface area (Å²) in [7, 11) is 0. The minimum atomic E-state index is -4.58. The van der Waals surface area contributed by atoms with Crippen LogP contribution in [0.4, 0.5) is 28.9 Å². The molecule has 3 rings (SSSR count). The number of amides is 2. The molecular formula is C22H15ClF4N2O3. The van der Waals surface area contributed by atoms with Crippen LogP contribution in [0.15, 0.2) is 66.7 Å². The molecule has 0 aliphatic heterocycles. The Bertz CT molecular complexity index is 1120. The van der Waals surface area contributed by atoms with Crippen molar-refractivity contribution < 1.29 is 31.9 Å². The van der Waals surface area contributed by atoms with Gasteiger partial charge in [0.25, 0.3) is 11.8 Å². The molecule has 3 aromatic rings. The summed E-state index contributed by atoms with van der Waals surface area (Å²) in [6, 6.07) is 13.6. The molecule has 5 nitrogen and oxygen atoms in total. The van der Waals surface area contributed by atoms with E-state index >= 15 is 0 Å². The molecule has 2 amide bonds. The summed E-state index contributed by atoms with van der Waals surface area (Å²) in [6.07, 6.45) is -4.58. The largest absolute Gasteiger partial charge is 0.484 e. The predicted octanol–water partition coefficient (Wildman–Crippen LogP) is 5.77. The zero-order valence-electron chi connectivity index (χ0n) is 16.2. The highest BCUT2D eigenvalue weighted by Gasteiger charge is 2.31. The second-order valence-corrected chi connectivity index (χ2v) is 6.92. The van der Waals surface area contributed by atoms with Gasteiger partial charge in [-0.1, -0.05) is 11.6 Å². The molecule has 0 spiro atoms. The number of benzene rings is 3. The molecule has 0 unspecified atom stereocenters. The van der Waals surface area contributed by atoms with Crippen LogP contribution in [0.5, 0.6) is 5.75 Å². The van der Waals surface area contributed by atoms with E-state index in [0.717, 1.165) is 18.2 Å². The first-order valence-corrected chi connectivity index (χ1v) is 9.46. The number of alkyl halides is 3. The number of halogens is 5. The fraction of sp³-hybridized carbons (Fsp3) is 0.0909. The number of carbonyl (C=O) groups is 2. The molecular weight excluding hydrogens is 452 g/mol. The van der Waals surface area contributed by atoms with Crippen LogP contribution in [-0.2, 0) is 11.0 Å². The SMILES string of the molecule is O=C(COc1ccc(C(=O)Nc2ccc(F)cc2)cc1)Nc1cc(C(F)(F)F)ccc1Cl. The normalized spacial score (nSPS) is 11.0. The summed E-state index contributed by atoms with van der Waals surface area (Å²) < 4.78 is 56.6. The third kappa shape index (κ3) is 6.21. The smallest absolute Gasteiger partial charge is 0.416 e. The molecule has 0 aliphatic carbocycles. The molecule has 10 heteroatoms. The third-order valence-corrected chi connectivity index (χ3v) is 4.49. The van der Waals surface area contributed by atoms with Gasteiger partial charge in [0.05, 0.1) is 16.3 Å².